The number of hydrogen-bond donors (Lipinski definition) is 2. The Morgan fingerprint density at radius 3 is 2.95 bits per heavy atom. The Kier molecular flexibility index (Phi) is 4.82. The van der Waals surface area contributed by atoms with Crippen molar-refractivity contribution in [1.82, 2.24) is 5.32 Å². The van der Waals surface area contributed by atoms with Gasteiger partial charge in [-0.25, -0.2) is 0 Å². The minimum Gasteiger partial charge on any atom is -0.497 e. The lowest BCUT2D eigenvalue weighted by atomic mass is 9.92. The van der Waals surface area contributed by atoms with Crippen LogP contribution in [-0.4, -0.2) is 25.6 Å². The molecule has 19 heavy (non-hydrogen) atoms. The molecule has 4 nitrogen and oxygen atoms in total. The largest absolute Gasteiger partial charge is 0.497 e. The number of halogens is 1. The highest BCUT2D eigenvalue weighted by atomic mass is 79.9. The molecule has 1 aromatic carbocycles. The topological polar surface area (TPSA) is 50.4 Å². The Morgan fingerprint density at radius 2 is 2.26 bits per heavy atom. The van der Waals surface area contributed by atoms with E-state index in [0.717, 1.165) is 35.3 Å². The first-order chi connectivity index (χ1) is 9.08. The second-order valence-corrected chi connectivity index (χ2v) is 5.86. The van der Waals surface area contributed by atoms with Gasteiger partial charge in [0.05, 0.1) is 7.11 Å². The summed E-state index contributed by atoms with van der Waals surface area (Å²) in [6.07, 6.45) is 1.78. The Hall–Kier alpha value is -1.07. The molecule has 1 saturated heterocycles. The van der Waals surface area contributed by atoms with Gasteiger partial charge in [0.1, 0.15) is 5.75 Å². The number of amides is 1. The molecule has 104 valence electrons. The van der Waals surface area contributed by atoms with Crippen molar-refractivity contribution in [3.05, 3.63) is 22.7 Å². The maximum Gasteiger partial charge on any atom is 0.227 e. The summed E-state index contributed by atoms with van der Waals surface area (Å²) in [5.41, 5.74) is 0.766. The highest BCUT2D eigenvalue weighted by Gasteiger charge is 2.24. The lowest BCUT2D eigenvalue weighted by Crippen LogP contribution is -2.40. The van der Waals surface area contributed by atoms with E-state index >= 15 is 0 Å². The van der Waals surface area contributed by atoms with Crippen molar-refractivity contribution < 1.29 is 9.53 Å². The van der Waals surface area contributed by atoms with Crippen LogP contribution in [0.2, 0.25) is 0 Å². The molecule has 1 aliphatic heterocycles. The van der Waals surface area contributed by atoms with Crippen LogP contribution in [-0.2, 0) is 4.79 Å². The Labute approximate surface area is 122 Å². The lowest BCUT2D eigenvalue weighted by molar-refractivity contribution is -0.120. The molecule has 2 unspecified atom stereocenters. The van der Waals surface area contributed by atoms with Gasteiger partial charge in [0.25, 0.3) is 0 Å². The fourth-order valence-corrected chi connectivity index (χ4v) is 2.84. The van der Waals surface area contributed by atoms with E-state index in [9.17, 15) is 4.79 Å². The standard InChI is InChI=1S/C14H19BrN2O2/c1-9-5-10(3-4-16-9)14(18)17-12-6-11(15)7-13(8-12)19-2/h6-10,16H,3-5H2,1-2H3,(H,17,18). The molecule has 1 aliphatic rings. The van der Waals surface area contributed by atoms with Crippen molar-refractivity contribution in [2.24, 2.45) is 5.92 Å². The molecule has 0 spiro atoms. The third kappa shape index (κ3) is 3.94. The van der Waals surface area contributed by atoms with Gasteiger partial charge in [0.15, 0.2) is 0 Å². The number of carbonyl (C=O) groups excluding carboxylic acids is 1. The zero-order valence-corrected chi connectivity index (χ0v) is 12.8. The molecule has 0 aromatic heterocycles. The zero-order chi connectivity index (χ0) is 13.8. The van der Waals surface area contributed by atoms with Gasteiger partial charge in [0.2, 0.25) is 5.91 Å². The van der Waals surface area contributed by atoms with Crippen LogP contribution in [0, 0.1) is 5.92 Å². The molecule has 0 saturated carbocycles. The van der Waals surface area contributed by atoms with E-state index in [2.05, 4.69) is 33.5 Å². The van der Waals surface area contributed by atoms with Crippen molar-refractivity contribution in [3.63, 3.8) is 0 Å². The second kappa shape index (κ2) is 6.39. The van der Waals surface area contributed by atoms with Crippen LogP contribution in [0.4, 0.5) is 5.69 Å². The summed E-state index contributed by atoms with van der Waals surface area (Å²) in [4.78, 5) is 12.2. The van der Waals surface area contributed by atoms with E-state index in [1.165, 1.54) is 0 Å². The van der Waals surface area contributed by atoms with Crippen molar-refractivity contribution in [1.29, 1.82) is 0 Å². The van der Waals surface area contributed by atoms with Crippen LogP contribution in [0.25, 0.3) is 0 Å². The molecule has 2 atom stereocenters. The van der Waals surface area contributed by atoms with Gasteiger partial charge in [0, 0.05) is 28.2 Å². The number of carbonyl (C=O) groups is 1. The SMILES string of the molecule is COc1cc(Br)cc(NC(=O)C2CCNC(C)C2)c1. The highest BCUT2D eigenvalue weighted by Crippen LogP contribution is 2.26. The summed E-state index contributed by atoms with van der Waals surface area (Å²) in [5.74, 6) is 0.901. The molecule has 2 rings (SSSR count). The van der Waals surface area contributed by atoms with Crippen molar-refractivity contribution >= 4 is 27.5 Å². The number of rotatable bonds is 3. The summed E-state index contributed by atoms with van der Waals surface area (Å²) in [6.45, 7) is 3.02. The summed E-state index contributed by atoms with van der Waals surface area (Å²) in [7, 11) is 1.61. The number of piperidine rings is 1. The summed E-state index contributed by atoms with van der Waals surface area (Å²) in [5, 5.41) is 6.32. The van der Waals surface area contributed by atoms with E-state index < -0.39 is 0 Å². The highest BCUT2D eigenvalue weighted by molar-refractivity contribution is 9.10. The Morgan fingerprint density at radius 1 is 1.47 bits per heavy atom. The Bertz CT molecular complexity index is 465. The van der Waals surface area contributed by atoms with Gasteiger partial charge in [-0.1, -0.05) is 15.9 Å². The molecule has 1 amide bonds. The maximum absolute atomic E-state index is 12.2. The number of methoxy groups -OCH3 is 1. The lowest BCUT2D eigenvalue weighted by Gasteiger charge is -2.27. The number of nitrogens with one attached hydrogen (secondary N) is 2. The first-order valence-electron chi connectivity index (χ1n) is 6.47. The second-order valence-electron chi connectivity index (χ2n) is 4.95. The summed E-state index contributed by atoms with van der Waals surface area (Å²) in [6, 6.07) is 5.97. The third-order valence-corrected chi connectivity index (χ3v) is 3.83. The molecular weight excluding hydrogens is 308 g/mol. The molecule has 1 fully saturated rings. The van der Waals surface area contributed by atoms with Gasteiger partial charge < -0.3 is 15.4 Å². The Balaban J connectivity index is 2.03. The normalized spacial score (nSPS) is 22.9. The van der Waals surface area contributed by atoms with Gasteiger partial charge in [-0.2, -0.15) is 0 Å². The average molecular weight is 327 g/mol. The zero-order valence-electron chi connectivity index (χ0n) is 11.2. The summed E-state index contributed by atoms with van der Waals surface area (Å²) >= 11 is 3.41. The maximum atomic E-state index is 12.2. The minimum atomic E-state index is 0.0845. The molecule has 5 heteroatoms. The monoisotopic (exact) mass is 326 g/mol. The first kappa shape index (κ1) is 14.3. The van der Waals surface area contributed by atoms with Crippen molar-refractivity contribution in [2.45, 2.75) is 25.8 Å². The molecule has 0 bridgehead atoms. The van der Waals surface area contributed by atoms with Crippen molar-refractivity contribution in [2.75, 3.05) is 19.0 Å². The van der Waals surface area contributed by atoms with E-state index in [0.29, 0.717) is 6.04 Å². The molecule has 1 heterocycles. The van der Waals surface area contributed by atoms with E-state index in [-0.39, 0.29) is 11.8 Å². The number of hydrogen-bond acceptors (Lipinski definition) is 3. The average Bonchev–Trinajstić information content (AvgIpc) is 2.38. The molecule has 2 N–H and O–H groups in total. The van der Waals surface area contributed by atoms with Crippen LogP contribution < -0.4 is 15.4 Å². The molecule has 0 radical (unpaired) electrons. The molecular formula is C14H19BrN2O2. The quantitative estimate of drug-likeness (QED) is 0.898. The smallest absolute Gasteiger partial charge is 0.227 e. The van der Waals surface area contributed by atoms with Crippen LogP contribution in [0.3, 0.4) is 0 Å². The summed E-state index contributed by atoms with van der Waals surface area (Å²) < 4.78 is 6.08. The third-order valence-electron chi connectivity index (χ3n) is 3.37. The van der Waals surface area contributed by atoms with Crippen LogP contribution in [0.1, 0.15) is 19.8 Å². The molecule has 0 aliphatic carbocycles. The predicted molar refractivity (Wildman–Crippen MR) is 79.5 cm³/mol. The van der Waals surface area contributed by atoms with E-state index in [1.807, 2.05) is 18.2 Å². The van der Waals surface area contributed by atoms with E-state index in [1.54, 1.807) is 7.11 Å². The van der Waals surface area contributed by atoms with Crippen LogP contribution in [0.15, 0.2) is 22.7 Å². The minimum absolute atomic E-state index is 0.0845. The molecule has 1 aromatic rings. The first-order valence-corrected chi connectivity index (χ1v) is 7.26. The van der Waals surface area contributed by atoms with E-state index in [4.69, 9.17) is 4.74 Å². The van der Waals surface area contributed by atoms with Crippen LogP contribution in [0.5, 0.6) is 5.75 Å². The fraction of sp³-hybridized carbons (Fsp3) is 0.500. The van der Waals surface area contributed by atoms with Gasteiger partial charge >= 0.3 is 0 Å². The fourth-order valence-electron chi connectivity index (χ4n) is 2.37. The number of benzene rings is 1. The van der Waals surface area contributed by atoms with Gasteiger partial charge in [-0.05, 0) is 38.4 Å². The predicted octanol–water partition coefficient (Wildman–Crippen LogP) is 2.78. The van der Waals surface area contributed by atoms with Crippen molar-refractivity contribution in [3.8, 4) is 5.75 Å². The van der Waals surface area contributed by atoms with Crippen LogP contribution >= 0.6 is 15.9 Å². The van der Waals surface area contributed by atoms with Gasteiger partial charge in [-0.3, -0.25) is 4.79 Å². The number of ether oxygens (including phenoxy) is 1. The van der Waals surface area contributed by atoms with Gasteiger partial charge in [-0.15, -0.1) is 0 Å². The number of anilines is 1.